The average Bonchev–Trinajstić information content (AvgIpc) is 3.51. The second-order valence-electron chi connectivity index (χ2n) is 8.46. The van der Waals surface area contributed by atoms with Crippen LogP contribution in [0.25, 0.3) is 10.9 Å². The molecule has 1 amide bonds. The van der Waals surface area contributed by atoms with Gasteiger partial charge in [0.1, 0.15) is 18.2 Å². The number of amides is 1. The van der Waals surface area contributed by atoms with Crippen molar-refractivity contribution in [1.82, 2.24) is 9.55 Å². The van der Waals surface area contributed by atoms with Crippen LogP contribution in [0.15, 0.2) is 70.1 Å². The molecule has 0 bridgehead atoms. The first kappa shape index (κ1) is 22.5. The minimum absolute atomic E-state index is 0.0430. The Bertz CT molecular complexity index is 1480. The predicted octanol–water partition coefficient (Wildman–Crippen LogP) is 3.58. The molecule has 178 valence electrons. The number of anilines is 1. The Morgan fingerprint density at radius 2 is 2.00 bits per heavy atom. The third-order valence-electron chi connectivity index (χ3n) is 6.10. The molecule has 35 heavy (non-hydrogen) atoms. The molecular weight excluding hydrogens is 453 g/mol. The highest BCUT2D eigenvalue weighted by molar-refractivity contribution is 5.99. The maximum Gasteiger partial charge on any atom is 0.311 e. The molecule has 0 unspecified atom stereocenters. The number of aromatic nitrogens is 2. The summed E-state index contributed by atoms with van der Waals surface area (Å²) in [5.74, 6) is -1.18. The van der Waals surface area contributed by atoms with Crippen LogP contribution in [0.4, 0.5) is 10.1 Å². The number of rotatable bonds is 6. The van der Waals surface area contributed by atoms with Gasteiger partial charge in [-0.1, -0.05) is 18.2 Å². The third-order valence-corrected chi connectivity index (χ3v) is 6.10. The Morgan fingerprint density at radius 1 is 1.17 bits per heavy atom. The summed E-state index contributed by atoms with van der Waals surface area (Å²) in [6.07, 6.45) is 1.47. The molecule has 1 fully saturated rings. The van der Waals surface area contributed by atoms with E-state index in [1.807, 2.05) is 0 Å². The van der Waals surface area contributed by atoms with E-state index >= 15 is 0 Å². The number of nitrogens with zero attached hydrogens (tertiary/aromatic N) is 3. The fraction of sp³-hybridized carbons (Fsp3) is 0.231. The molecule has 2 aromatic heterocycles. The van der Waals surface area contributed by atoms with Crippen LogP contribution in [0.2, 0.25) is 0 Å². The largest absolute Gasteiger partial charge is 0.467 e. The van der Waals surface area contributed by atoms with Gasteiger partial charge in [-0.15, -0.1) is 0 Å². The molecule has 4 aromatic rings. The molecule has 1 atom stereocenters. The standard InChI is InChI=1S/C26H22FN3O5/c1-16-8-9-18(12-21(16)27)29-13-17(11-24(29)31)26(33)35-15-23-28-22-7-3-2-6-20(22)25(32)30(23)14-19-5-4-10-34-19/h2-10,12,17H,11,13-15H2,1H3/t17-/m0/s1. The quantitative estimate of drug-likeness (QED) is 0.396. The first-order valence-corrected chi connectivity index (χ1v) is 11.1. The van der Waals surface area contributed by atoms with Crippen LogP contribution < -0.4 is 10.5 Å². The Balaban J connectivity index is 1.35. The van der Waals surface area contributed by atoms with Crippen molar-refractivity contribution >= 4 is 28.5 Å². The lowest BCUT2D eigenvalue weighted by molar-refractivity contribution is -0.150. The maximum absolute atomic E-state index is 14.0. The number of para-hydroxylation sites is 1. The number of carbonyl (C=O) groups excluding carboxylic acids is 2. The minimum Gasteiger partial charge on any atom is -0.467 e. The molecule has 2 aromatic carbocycles. The Hall–Kier alpha value is -4.27. The van der Waals surface area contributed by atoms with E-state index in [0.717, 1.165) is 0 Å². The van der Waals surface area contributed by atoms with E-state index < -0.39 is 17.7 Å². The molecule has 0 saturated carbocycles. The molecule has 3 heterocycles. The van der Waals surface area contributed by atoms with Crippen LogP contribution in [0.1, 0.15) is 23.6 Å². The summed E-state index contributed by atoms with van der Waals surface area (Å²) in [6, 6.07) is 14.9. The number of furan rings is 1. The van der Waals surface area contributed by atoms with E-state index in [9.17, 15) is 18.8 Å². The van der Waals surface area contributed by atoms with Gasteiger partial charge in [0.05, 0.1) is 29.6 Å². The molecule has 1 aliphatic rings. The van der Waals surface area contributed by atoms with Crippen LogP contribution >= 0.6 is 0 Å². The highest BCUT2D eigenvalue weighted by Gasteiger charge is 2.36. The van der Waals surface area contributed by atoms with Crippen molar-refractivity contribution in [2.75, 3.05) is 11.4 Å². The zero-order valence-corrected chi connectivity index (χ0v) is 18.9. The summed E-state index contributed by atoms with van der Waals surface area (Å²) in [4.78, 5) is 44.4. The van der Waals surface area contributed by atoms with Gasteiger partial charge in [0.25, 0.3) is 5.56 Å². The second kappa shape index (κ2) is 9.17. The van der Waals surface area contributed by atoms with Crippen molar-refractivity contribution in [3.63, 3.8) is 0 Å². The lowest BCUT2D eigenvalue weighted by atomic mass is 10.1. The van der Waals surface area contributed by atoms with Crippen molar-refractivity contribution in [3.05, 3.63) is 94.2 Å². The molecule has 8 nitrogen and oxygen atoms in total. The number of hydrogen-bond acceptors (Lipinski definition) is 6. The highest BCUT2D eigenvalue weighted by Crippen LogP contribution is 2.27. The number of esters is 1. The molecule has 0 N–H and O–H groups in total. The van der Waals surface area contributed by atoms with E-state index in [2.05, 4.69) is 4.98 Å². The monoisotopic (exact) mass is 475 g/mol. The van der Waals surface area contributed by atoms with Crippen LogP contribution in [0.5, 0.6) is 0 Å². The van der Waals surface area contributed by atoms with Gasteiger partial charge >= 0.3 is 5.97 Å². The smallest absolute Gasteiger partial charge is 0.311 e. The van der Waals surface area contributed by atoms with E-state index in [1.165, 1.54) is 21.8 Å². The zero-order chi connectivity index (χ0) is 24.5. The molecule has 1 aliphatic heterocycles. The van der Waals surface area contributed by atoms with E-state index in [-0.39, 0.29) is 43.4 Å². The van der Waals surface area contributed by atoms with Gasteiger partial charge in [-0.3, -0.25) is 19.0 Å². The molecular formula is C26H22FN3O5. The lowest BCUT2D eigenvalue weighted by Gasteiger charge is -2.17. The summed E-state index contributed by atoms with van der Waals surface area (Å²) in [5, 5.41) is 0.441. The lowest BCUT2D eigenvalue weighted by Crippen LogP contribution is -2.28. The molecule has 9 heteroatoms. The third kappa shape index (κ3) is 4.44. The molecule has 0 radical (unpaired) electrons. The Labute approximate surface area is 199 Å². The van der Waals surface area contributed by atoms with Gasteiger partial charge in [-0.05, 0) is 48.9 Å². The number of hydrogen-bond donors (Lipinski definition) is 0. The fourth-order valence-corrected chi connectivity index (χ4v) is 4.16. The molecule has 0 spiro atoms. The van der Waals surface area contributed by atoms with Gasteiger partial charge in [0.15, 0.2) is 5.82 Å². The van der Waals surface area contributed by atoms with Crippen molar-refractivity contribution in [3.8, 4) is 0 Å². The topological polar surface area (TPSA) is 94.6 Å². The van der Waals surface area contributed by atoms with Crippen molar-refractivity contribution in [1.29, 1.82) is 0 Å². The van der Waals surface area contributed by atoms with Gasteiger partial charge in [0, 0.05) is 18.7 Å². The van der Waals surface area contributed by atoms with E-state index in [1.54, 1.807) is 55.5 Å². The normalized spacial score (nSPS) is 15.7. The van der Waals surface area contributed by atoms with Crippen molar-refractivity contribution in [2.24, 2.45) is 5.92 Å². The van der Waals surface area contributed by atoms with E-state index in [4.69, 9.17) is 9.15 Å². The summed E-state index contributed by atoms with van der Waals surface area (Å²) >= 11 is 0. The van der Waals surface area contributed by atoms with E-state index in [0.29, 0.717) is 27.9 Å². The number of benzene rings is 2. The average molecular weight is 475 g/mol. The van der Waals surface area contributed by atoms with Gasteiger partial charge < -0.3 is 14.1 Å². The minimum atomic E-state index is -0.711. The fourth-order valence-electron chi connectivity index (χ4n) is 4.16. The number of carbonyl (C=O) groups is 2. The first-order valence-electron chi connectivity index (χ1n) is 11.1. The van der Waals surface area contributed by atoms with Crippen molar-refractivity contribution < 1.29 is 23.1 Å². The first-order chi connectivity index (χ1) is 16.9. The van der Waals surface area contributed by atoms with Crippen molar-refractivity contribution in [2.45, 2.75) is 26.5 Å². The van der Waals surface area contributed by atoms with Gasteiger partial charge in [-0.25, -0.2) is 9.37 Å². The number of fused-ring (bicyclic) bond motifs is 1. The van der Waals surface area contributed by atoms with Crippen LogP contribution in [-0.4, -0.2) is 28.0 Å². The SMILES string of the molecule is Cc1ccc(N2C[C@@H](C(=O)OCc3nc4ccccc4c(=O)n3Cc3ccco3)CC2=O)cc1F. The maximum atomic E-state index is 14.0. The van der Waals surface area contributed by atoms with Crippen LogP contribution in [0, 0.1) is 18.7 Å². The number of halogens is 1. The Morgan fingerprint density at radius 3 is 2.77 bits per heavy atom. The zero-order valence-electron chi connectivity index (χ0n) is 18.9. The second-order valence-corrected chi connectivity index (χ2v) is 8.46. The van der Waals surface area contributed by atoms with Gasteiger partial charge in [-0.2, -0.15) is 0 Å². The number of aryl methyl sites for hydroxylation is 1. The summed E-state index contributed by atoms with van der Waals surface area (Å²) in [5.41, 5.74) is 1.08. The van der Waals surface area contributed by atoms with Crippen LogP contribution in [-0.2, 0) is 27.5 Å². The summed E-state index contributed by atoms with van der Waals surface area (Å²) in [7, 11) is 0. The van der Waals surface area contributed by atoms with Gasteiger partial charge in [0.2, 0.25) is 5.91 Å². The number of ether oxygens (including phenoxy) is 1. The molecule has 5 rings (SSSR count). The Kier molecular flexibility index (Phi) is 5.90. The molecule has 0 aliphatic carbocycles. The molecule has 1 saturated heterocycles. The summed E-state index contributed by atoms with van der Waals surface area (Å²) < 4.78 is 26.3. The van der Waals surface area contributed by atoms with Crippen LogP contribution in [0.3, 0.4) is 0 Å². The summed E-state index contributed by atoms with van der Waals surface area (Å²) in [6.45, 7) is 1.61. The predicted molar refractivity (Wildman–Crippen MR) is 125 cm³/mol. The highest BCUT2D eigenvalue weighted by atomic mass is 19.1.